The van der Waals surface area contributed by atoms with Crippen LogP contribution in [0.1, 0.15) is 43.4 Å². The normalized spacial score (nSPS) is 20.1. The highest BCUT2D eigenvalue weighted by Crippen LogP contribution is 2.41. The molecular weight excluding hydrogens is 535 g/mol. The van der Waals surface area contributed by atoms with Crippen molar-refractivity contribution in [3.63, 3.8) is 0 Å². The first-order chi connectivity index (χ1) is 20.4. The molecule has 3 aliphatic rings. The van der Waals surface area contributed by atoms with E-state index in [-0.39, 0.29) is 17.8 Å². The first-order valence-electron chi connectivity index (χ1n) is 14.5. The maximum atomic E-state index is 14.5. The van der Waals surface area contributed by atoms with Crippen LogP contribution in [-0.2, 0) is 11.2 Å². The lowest BCUT2D eigenvalue weighted by Gasteiger charge is -2.37. The summed E-state index contributed by atoms with van der Waals surface area (Å²) >= 11 is 0. The van der Waals surface area contributed by atoms with Crippen molar-refractivity contribution in [2.45, 2.75) is 44.8 Å². The van der Waals surface area contributed by atoms with Gasteiger partial charge in [-0.25, -0.2) is 4.39 Å². The van der Waals surface area contributed by atoms with Gasteiger partial charge in [0.15, 0.2) is 0 Å². The van der Waals surface area contributed by atoms with Crippen molar-refractivity contribution in [1.29, 1.82) is 5.26 Å². The Kier molecular flexibility index (Phi) is 9.18. The maximum Gasteiger partial charge on any atom is 0.321 e. The van der Waals surface area contributed by atoms with Crippen LogP contribution in [0.5, 0.6) is 11.9 Å². The zero-order chi connectivity index (χ0) is 29.6. The Labute approximate surface area is 246 Å². The van der Waals surface area contributed by atoms with Crippen molar-refractivity contribution >= 4 is 22.5 Å². The number of rotatable bonds is 6. The summed E-state index contributed by atoms with van der Waals surface area (Å²) in [5, 5.41) is 8.76. The molecule has 2 fully saturated rings. The number of amides is 1. The van der Waals surface area contributed by atoms with Crippen LogP contribution in [-0.4, -0.2) is 78.1 Å². The molecule has 3 aliphatic heterocycles. The number of carbonyl (C=O) groups is 1. The van der Waals surface area contributed by atoms with Crippen LogP contribution in [0.4, 0.5) is 10.2 Å². The van der Waals surface area contributed by atoms with E-state index in [0.717, 1.165) is 54.6 Å². The molecule has 1 aromatic heterocycles. The second-order valence-electron chi connectivity index (χ2n) is 10.8. The smallest absolute Gasteiger partial charge is 0.321 e. The van der Waals surface area contributed by atoms with Crippen molar-refractivity contribution in [2.24, 2.45) is 0 Å². The van der Waals surface area contributed by atoms with E-state index in [0.29, 0.717) is 56.1 Å². The van der Waals surface area contributed by atoms with Gasteiger partial charge in [0.05, 0.1) is 11.6 Å². The number of hydrogen-bond donors (Lipinski definition) is 0. The fourth-order valence-corrected chi connectivity index (χ4v) is 5.97. The van der Waals surface area contributed by atoms with E-state index in [4.69, 9.17) is 24.7 Å². The van der Waals surface area contributed by atoms with Crippen LogP contribution in [0, 0.1) is 17.1 Å². The zero-order valence-corrected chi connectivity index (χ0v) is 24.3. The van der Waals surface area contributed by atoms with Crippen LogP contribution < -0.4 is 14.4 Å². The van der Waals surface area contributed by atoms with Crippen molar-refractivity contribution < 1.29 is 18.7 Å². The molecule has 6 rings (SSSR count). The Morgan fingerprint density at radius 1 is 1.14 bits per heavy atom. The van der Waals surface area contributed by atoms with E-state index in [1.165, 1.54) is 19.1 Å². The minimum atomic E-state index is -0.262. The third-order valence-electron chi connectivity index (χ3n) is 8.23. The predicted molar refractivity (Wildman–Crippen MR) is 159 cm³/mol. The number of benzene rings is 2. The zero-order valence-electron chi connectivity index (χ0n) is 24.3. The number of nitriles is 1. The Bertz CT molecular complexity index is 1480. The van der Waals surface area contributed by atoms with Gasteiger partial charge in [-0.05, 0) is 56.8 Å². The molecule has 0 aliphatic carbocycles. The average molecular weight is 573 g/mol. The van der Waals surface area contributed by atoms with Crippen LogP contribution >= 0.6 is 0 Å². The molecule has 2 atom stereocenters. The fraction of sp³-hybridized carbons (Fsp3) is 0.438. The number of hydrogen-bond acceptors (Lipinski definition) is 8. The number of likely N-dealkylation sites (N-methyl/N-ethyl adjacent to an activating group) is 1. The fourth-order valence-electron chi connectivity index (χ4n) is 5.97. The van der Waals surface area contributed by atoms with E-state index in [2.05, 4.69) is 23.4 Å². The topological polar surface area (TPSA) is 94.8 Å². The average Bonchev–Trinajstić information content (AvgIpc) is 3.43. The number of nitrogens with zero attached hydrogens (tertiary/aromatic N) is 6. The maximum absolute atomic E-state index is 14.5. The molecule has 10 heteroatoms. The second-order valence-corrected chi connectivity index (χ2v) is 10.8. The molecular formula is C32H37FN6O3. The first-order valence-corrected chi connectivity index (χ1v) is 14.5. The first kappa shape index (κ1) is 29.3. The summed E-state index contributed by atoms with van der Waals surface area (Å²) in [6.45, 7) is 9.12. The number of halogens is 1. The number of likely N-dealkylation sites (tertiary alicyclic amines) is 1. The van der Waals surface area contributed by atoms with E-state index in [1.54, 1.807) is 23.1 Å². The summed E-state index contributed by atoms with van der Waals surface area (Å²) in [7, 11) is 2.12. The van der Waals surface area contributed by atoms with Crippen molar-refractivity contribution in [2.75, 3.05) is 51.3 Å². The van der Waals surface area contributed by atoms with Crippen LogP contribution in [0.3, 0.4) is 0 Å². The largest absolute Gasteiger partial charge is 0.469 e. The Hall–Kier alpha value is -4.23. The molecule has 1 amide bonds. The van der Waals surface area contributed by atoms with Crippen LogP contribution in [0.15, 0.2) is 49.1 Å². The van der Waals surface area contributed by atoms with Gasteiger partial charge in [-0.2, -0.15) is 15.2 Å². The summed E-state index contributed by atoms with van der Waals surface area (Å²) < 4.78 is 27.2. The summed E-state index contributed by atoms with van der Waals surface area (Å²) in [6, 6.07) is 13.2. The summed E-state index contributed by atoms with van der Waals surface area (Å²) in [4.78, 5) is 28.0. The van der Waals surface area contributed by atoms with E-state index < -0.39 is 0 Å². The molecule has 2 saturated heterocycles. The van der Waals surface area contributed by atoms with Gasteiger partial charge < -0.3 is 24.2 Å². The molecule has 9 nitrogen and oxygen atoms in total. The lowest BCUT2D eigenvalue weighted by Crippen LogP contribution is -2.49. The van der Waals surface area contributed by atoms with E-state index in [1.807, 2.05) is 18.2 Å². The van der Waals surface area contributed by atoms with Crippen LogP contribution in [0.2, 0.25) is 0 Å². The van der Waals surface area contributed by atoms with E-state index in [9.17, 15) is 9.18 Å². The number of ether oxygens (including phenoxy) is 2. The molecule has 0 radical (unpaired) electrons. The van der Waals surface area contributed by atoms with Gasteiger partial charge in [-0.3, -0.25) is 4.79 Å². The van der Waals surface area contributed by atoms with Gasteiger partial charge in [0.2, 0.25) is 11.8 Å². The minimum absolute atomic E-state index is 0.0539. The highest BCUT2D eigenvalue weighted by atomic mass is 19.1. The summed E-state index contributed by atoms with van der Waals surface area (Å²) in [5.41, 5.74) is 1.90. The molecule has 0 N–H and O–H groups in total. The molecule has 0 bridgehead atoms. The van der Waals surface area contributed by atoms with Crippen molar-refractivity contribution in [3.8, 4) is 18.0 Å². The van der Waals surface area contributed by atoms with Crippen molar-refractivity contribution in [3.05, 3.63) is 66.0 Å². The molecule has 1 unspecified atom stereocenters. The van der Waals surface area contributed by atoms with Crippen LogP contribution in [0.25, 0.3) is 10.8 Å². The number of anilines is 1. The molecule has 2 aromatic carbocycles. The molecule has 220 valence electrons. The second kappa shape index (κ2) is 13.2. The van der Waals surface area contributed by atoms with Gasteiger partial charge in [-0.1, -0.05) is 36.9 Å². The number of piperazine rings is 1. The van der Waals surface area contributed by atoms with Crippen molar-refractivity contribution in [1.82, 2.24) is 19.8 Å². The van der Waals surface area contributed by atoms with Gasteiger partial charge in [0, 0.05) is 50.1 Å². The standard InChI is InChI=1S/C30H34FN5O3.C2H3N/c1-3-27(37)35-15-17-36(18-16-35)28-24-12-13-26(23-10-4-9-22-21(23)8-5-11-25(22)31)39-29(24)33-30(32-28)38-19-20-7-6-14-34(20)2;1-2-3/h3-5,8-11,20,26H,1,6-7,12-19H2,2H3;1H3/t20-,26?;/m0./s1. The third-order valence-corrected chi connectivity index (χ3v) is 8.23. The molecule has 0 spiro atoms. The predicted octanol–water partition coefficient (Wildman–Crippen LogP) is 4.67. The number of aromatic nitrogens is 2. The summed E-state index contributed by atoms with van der Waals surface area (Å²) in [5.74, 6) is 1.03. The highest BCUT2D eigenvalue weighted by molar-refractivity contribution is 5.87. The lowest BCUT2D eigenvalue weighted by atomic mass is 9.94. The Morgan fingerprint density at radius 2 is 1.88 bits per heavy atom. The van der Waals surface area contributed by atoms with Gasteiger partial charge in [-0.15, -0.1) is 0 Å². The van der Waals surface area contributed by atoms with Gasteiger partial charge in [0.25, 0.3) is 0 Å². The van der Waals surface area contributed by atoms with Gasteiger partial charge in [0.1, 0.15) is 24.3 Å². The monoisotopic (exact) mass is 572 g/mol. The lowest BCUT2D eigenvalue weighted by molar-refractivity contribution is -0.126. The summed E-state index contributed by atoms with van der Waals surface area (Å²) in [6.07, 6.45) is 4.79. The third kappa shape index (κ3) is 6.16. The Morgan fingerprint density at radius 3 is 2.60 bits per heavy atom. The molecule has 3 aromatic rings. The van der Waals surface area contributed by atoms with E-state index >= 15 is 0 Å². The highest BCUT2D eigenvalue weighted by Gasteiger charge is 2.32. The minimum Gasteiger partial charge on any atom is -0.469 e. The quantitative estimate of drug-likeness (QED) is 0.394. The van der Waals surface area contributed by atoms with Gasteiger partial charge >= 0.3 is 6.01 Å². The molecule has 4 heterocycles. The number of carbonyl (C=O) groups excluding carboxylic acids is 1. The molecule has 42 heavy (non-hydrogen) atoms. The Balaban J connectivity index is 0.00000113. The number of fused-ring (bicyclic) bond motifs is 2. The SMILES string of the molecule is C=CC(=O)N1CCN(c2nc(OC[C@@H]3CCCN3C)nc3c2CCC(c2cccc4c(F)cccc24)O3)CC1.CC#N. The molecule has 0 saturated carbocycles.